The fourth-order valence-electron chi connectivity index (χ4n) is 20.0. The molecule has 5 nitrogen and oxygen atoms in total. The molecule has 4 heterocycles. The molecule has 0 amide bonds. The molecule has 4 aromatic heterocycles. The van der Waals surface area contributed by atoms with Gasteiger partial charge < -0.3 is 18.3 Å². The van der Waals surface area contributed by atoms with E-state index in [9.17, 15) is 5.26 Å². The molecule has 542 valence electrons. The highest BCUT2D eigenvalue weighted by Crippen LogP contribution is 2.52. The van der Waals surface area contributed by atoms with Crippen LogP contribution in [0.5, 0.6) is 0 Å². The van der Waals surface area contributed by atoms with E-state index in [0.29, 0.717) is 5.56 Å². The van der Waals surface area contributed by atoms with E-state index in [1.165, 1.54) is 181 Å². The van der Waals surface area contributed by atoms with Crippen molar-refractivity contribution in [1.82, 2.24) is 18.3 Å². The summed E-state index contributed by atoms with van der Waals surface area (Å²) in [5.41, 5.74) is 30.3. The van der Waals surface area contributed by atoms with E-state index in [1.807, 2.05) is 18.2 Å². The summed E-state index contributed by atoms with van der Waals surface area (Å²) in [6.45, 7) is 9.41. The van der Waals surface area contributed by atoms with Crippen molar-refractivity contribution in [3.8, 4) is 73.3 Å². The number of fused-ring (bicyclic) bond motifs is 18. The first-order valence-electron chi connectivity index (χ1n) is 39.9. The smallest absolute Gasteiger partial charge is 0.179 e. The first-order chi connectivity index (χ1) is 56.5. The van der Waals surface area contributed by atoms with Gasteiger partial charge in [0.2, 0.25) is 0 Å². The van der Waals surface area contributed by atoms with Crippen LogP contribution in [0.25, 0.3) is 154 Å². The van der Waals surface area contributed by atoms with E-state index in [4.69, 9.17) is 0 Å². The topological polar surface area (TPSA) is 43.5 Å². The number of nitriles is 1. The van der Waals surface area contributed by atoms with Crippen LogP contribution in [0, 0.1) is 11.3 Å². The van der Waals surface area contributed by atoms with E-state index >= 15 is 0 Å². The molecule has 0 saturated heterocycles. The van der Waals surface area contributed by atoms with Gasteiger partial charge in [0.1, 0.15) is 0 Å². The Morgan fingerprint density at radius 1 is 0.217 bits per heavy atom. The van der Waals surface area contributed by atoms with Crippen LogP contribution in [0.1, 0.15) is 55.5 Å². The van der Waals surface area contributed by atoms with Gasteiger partial charge in [-0.2, -0.15) is 5.26 Å². The third-order valence-electron chi connectivity index (χ3n) is 25.4. The molecule has 115 heavy (non-hydrogen) atoms. The van der Waals surface area contributed by atoms with E-state index < -0.39 is 8.07 Å². The molecule has 0 aliphatic heterocycles. The monoisotopic (exact) mass is 1480 g/mol. The minimum atomic E-state index is -2.73. The van der Waals surface area contributed by atoms with Crippen molar-refractivity contribution in [2.75, 3.05) is 0 Å². The highest BCUT2D eigenvalue weighted by Gasteiger charge is 2.42. The average molecular weight is 1480 g/mol. The van der Waals surface area contributed by atoms with E-state index in [-0.39, 0.29) is 10.8 Å². The Hall–Kier alpha value is -14.4. The fourth-order valence-corrected chi connectivity index (χ4v) is 24.8. The Balaban J connectivity index is 0.000000146. The normalized spacial score (nSPS) is 13.2. The van der Waals surface area contributed by atoms with Crippen LogP contribution < -0.4 is 20.7 Å². The summed E-state index contributed by atoms with van der Waals surface area (Å²) in [7, 11) is -2.73. The van der Waals surface area contributed by atoms with Gasteiger partial charge in [-0.1, -0.05) is 295 Å². The highest BCUT2D eigenvalue weighted by molar-refractivity contribution is 7.20. The van der Waals surface area contributed by atoms with Crippen molar-refractivity contribution in [2.45, 2.75) is 38.5 Å². The average Bonchev–Trinajstić information content (AvgIpc) is 1.70. The maximum absolute atomic E-state index is 9.59. The van der Waals surface area contributed by atoms with E-state index in [2.05, 4.69) is 428 Å². The minimum absolute atomic E-state index is 0.0614. The third-order valence-corrected chi connectivity index (χ3v) is 30.2. The van der Waals surface area contributed by atoms with Gasteiger partial charge in [-0.3, -0.25) is 0 Å². The van der Waals surface area contributed by atoms with Gasteiger partial charge in [-0.25, -0.2) is 0 Å². The molecule has 0 spiro atoms. The van der Waals surface area contributed by atoms with Crippen LogP contribution in [0.2, 0.25) is 0 Å². The largest absolute Gasteiger partial charge is 0.309 e. The number of hydrogen-bond acceptors (Lipinski definition) is 1. The molecule has 0 unspecified atom stereocenters. The molecule has 0 bridgehead atoms. The minimum Gasteiger partial charge on any atom is -0.309 e. The Labute approximate surface area is 669 Å². The Bertz CT molecular complexity index is 7510. The SMILES string of the molecule is CC1(C)c2ccccc2-c2ccc(-n3c4ccccc4c4cc(-c5ccc6c(c5)c5ccccc5n6-c5cccc(C#N)c5)ccc43)cc21.CC1(C)c2ccccc2-c2ccc(-n3c4ccccc4c4cc(-c5ccc6c(c5)c5ccccc5n6-c5cccc([Si](c6ccccc6)(c6ccccc6)c6ccccc6)c5)ccc43)cc21. The van der Waals surface area contributed by atoms with Crippen LogP contribution in [0.4, 0.5) is 0 Å². The summed E-state index contributed by atoms with van der Waals surface area (Å²) in [6, 6.07) is 148. The summed E-state index contributed by atoms with van der Waals surface area (Å²) >= 11 is 0. The zero-order valence-corrected chi connectivity index (χ0v) is 65.3. The second-order valence-corrected chi connectivity index (χ2v) is 36.0. The lowest BCUT2D eigenvalue weighted by Crippen LogP contribution is -2.74. The van der Waals surface area contributed by atoms with Crippen LogP contribution in [0.3, 0.4) is 0 Å². The molecule has 2 aliphatic carbocycles. The molecule has 6 heteroatoms. The number of hydrogen-bond donors (Lipinski definition) is 0. The van der Waals surface area contributed by atoms with Crippen molar-refractivity contribution in [3.05, 3.63) is 422 Å². The molecule has 21 aromatic rings. The maximum atomic E-state index is 9.59. The van der Waals surface area contributed by atoms with Gasteiger partial charge in [-0.05, 0) is 215 Å². The molecule has 2 aliphatic rings. The zero-order chi connectivity index (χ0) is 76.8. The molecule has 0 fully saturated rings. The lowest BCUT2D eigenvalue weighted by molar-refractivity contribution is 0.660. The lowest BCUT2D eigenvalue weighted by Gasteiger charge is -2.34. The van der Waals surface area contributed by atoms with Crippen LogP contribution in [0.15, 0.2) is 394 Å². The fraction of sp³-hybridized carbons (Fsp3) is 0.0550. The Kier molecular flexibility index (Phi) is 15.3. The van der Waals surface area contributed by atoms with Gasteiger partial charge in [0.15, 0.2) is 8.07 Å². The summed E-state index contributed by atoms with van der Waals surface area (Å²) in [6.07, 6.45) is 0. The predicted molar refractivity (Wildman–Crippen MR) is 485 cm³/mol. The van der Waals surface area contributed by atoms with Crippen molar-refractivity contribution < 1.29 is 0 Å². The third kappa shape index (κ3) is 10.3. The summed E-state index contributed by atoms with van der Waals surface area (Å²) in [4.78, 5) is 0. The molecular formula is C109H77N5Si. The van der Waals surface area contributed by atoms with E-state index in [0.717, 1.165) is 16.7 Å². The quantitative estimate of drug-likeness (QED) is 0.0994. The molecular weight excluding hydrogens is 1410 g/mol. The zero-order valence-electron chi connectivity index (χ0n) is 64.3. The van der Waals surface area contributed by atoms with Crippen molar-refractivity contribution in [3.63, 3.8) is 0 Å². The molecule has 0 saturated carbocycles. The summed E-state index contributed by atoms with van der Waals surface area (Å²) < 4.78 is 9.64. The van der Waals surface area contributed by atoms with Gasteiger partial charge in [0.25, 0.3) is 0 Å². The first-order valence-corrected chi connectivity index (χ1v) is 41.9. The molecule has 0 N–H and O–H groups in total. The Morgan fingerprint density at radius 2 is 0.504 bits per heavy atom. The second kappa shape index (κ2) is 26.1. The number of rotatable bonds is 10. The Morgan fingerprint density at radius 3 is 0.870 bits per heavy atom. The maximum Gasteiger partial charge on any atom is 0.179 e. The summed E-state index contributed by atoms with van der Waals surface area (Å²) in [5.74, 6) is 0. The van der Waals surface area contributed by atoms with Crippen molar-refractivity contribution in [1.29, 1.82) is 5.26 Å². The number of benzene rings is 17. The van der Waals surface area contributed by atoms with Crippen molar-refractivity contribution >= 4 is 116 Å². The summed E-state index contributed by atoms with van der Waals surface area (Å²) in [5, 5.41) is 24.9. The van der Waals surface area contributed by atoms with Gasteiger partial charge in [0, 0.05) is 76.7 Å². The first kappa shape index (κ1) is 67.5. The highest BCUT2D eigenvalue weighted by atomic mass is 28.3. The van der Waals surface area contributed by atoms with Crippen LogP contribution in [-0.2, 0) is 10.8 Å². The van der Waals surface area contributed by atoms with Crippen LogP contribution >= 0.6 is 0 Å². The predicted octanol–water partition coefficient (Wildman–Crippen LogP) is 25.0. The van der Waals surface area contributed by atoms with E-state index in [1.54, 1.807) is 0 Å². The van der Waals surface area contributed by atoms with Gasteiger partial charge >= 0.3 is 0 Å². The molecule has 23 rings (SSSR count). The van der Waals surface area contributed by atoms with Gasteiger partial charge in [0.05, 0.1) is 55.8 Å². The number of para-hydroxylation sites is 4. The lowest BCUT2D eigenvalue weighted by atomic mass is 9.82. The van der Waals surface area contributed by atoms with Crippen LogP contribution in [-0.4, -0.2) is 26.3 Å². The van der Waals surface area contributed by atoms with Gasteiger partial charge in [-0.15, -0.1) is 0 Å². The van der Waals surface area contributed by atoms with Crippen molar-refractivity contribution in [2.24, 2.45) is 0 Å². The second-order valence-electron chi connectivity index (χ2n) is 32.2. The molecule has 0 atom stereocenters. The molecule has 17 aromatic carbocycles. The number of nitrogens with zero attached hydrogens (tertiary/aromatic N) is 5. The molecule has 0 radical (unpaired) electrons. The number of aromatic nitrogens is 4. The standard InChI is InChI=1S/C63H46N2Si.C46H31N3/c1-63(2)57-30-15-12-27-51(57)52-36-35-46(42-58(52)63)65-60-32-17-14-29-54(60)56-40-44(34-38-62(56)65)43-33-37-61-55(39-43)53-28-13-16-31-59(53)64(61)45-19-18-26-50(41-45)66(47-20-6-3-7-21-47,48-22-8-4-9-23-48)49-24-10-5-11-25-49;1-46(2)40-15-6-3-12-34(40)35-21-20-33(27-41(35)46)49-43-17-8-5-14-37(43)39-26-31(19-23-45(39)49)30-18-22-44-38(25-30)36-13-4-7-16-42(36)48(44)32-11-9-10-29(24-32)28-47/h3-42H,1-2H3;3-27H,1-2H3.